The summed E-state index contributed by atoms with van der Waals surface area (Å²) in [6.07, 6.45) is 3.75. The molecule has 0 atom stereocenters. The third-order valence-corrected chi connectivity index (χ3v) is 1.90. The molecule has 0 spiro atoms. The summed E-state index contributed by atoms with van der Waals surface area (Å²) >= 11 is 0. The van der Waals surface area contributed by atoms with Crippen molar-refractivity contribution in [2.45, 2.75) is 6.61 Å². The summed E-state index contributed by atoms with van der Waals surface area (Å²) in [5.41, 5.74) is 1.10. The Morgan fingerprint density at radius 2 is 1.93 bits per heavy atom. The van der Waals surface area contributed by atoms with Gasteiger partial charge in [0.2, 0.25) is 0 Å². The molecule has 72 valence electrons. The highest BCUT2D eigenvalue weighted by atomic mass is 16.5. The Bertz CT molecular complexity index is 378. The average Bonchev–Trinajstić information content (AvgIpc) is 2.70. The van der Waals surface area contributed by atoms with E-state index in [1.54, 1.807) is 24.3 Å². The van der Waals surface area contributed by atoms with Gasteiger partial charge in [-0.15, -0.1) is 0 Å². The molecule has 2 rings (SSSR count). The van der Waals surface area contributed by atoms with Gasteiger partial charge in [-0.1, -0.05) is 0 Å². The maximum atomic E-state index is 9.05. The van der Waals surface area contributed by atoms with Crippen LogP contribution in [0.5, 0.6) is 11.5 Å². The number of ether oxygens (including phenoxy) is 1. The van der Waals surface area contributed by atoms with E-state index in [1.807, 2.05) is 18.5 Å². The molecule has 0 aliphatic rings. The van der Waals surface area contributed by atoms with Gasteiger partial charge >= 0.3 is 0 Å². The molecule has 0 unspecified atom stereocenters. The van der Waals surface area contributed by atoms with Gasteiger partial charge in [-0.3, -0.25) is 0 Å². The van der Waals surface area contributed by atoms with Crippen LogP contribution in [0.1, 0.15) is 5.56 Å². The van der Waals surface area contributed by atoms with E-state index in [1.165, 1.54) is 0 Å². The number of rotatable bonds is 3. The minimum Gasteiger partial charge on any atom is -0.508 e. The minimum atomic E-state index is 0.249. The van der Waals surface area contributed by atoms with E-state index in [-0.39, 0.29) is 5.75 Å². The van der Waals surface area contributed by atoms with Crippen LogP contribution in [0.3, 0.4) is 0 Å². The zero-order valence-electron chi connectivity index (χ0n) is 7.60. The highest BCUT2D eigenvalue weighted by Gasteiger charge is 1.95. The van der Waals surface area contributed by atoms with Crippen molar-refractivity contribution < 1.29 is 9.84 Å². The van der Waals surface area contributed by atoms with E-state index in [0.717, 1.165) is 11.3 Å². The summed E-state index contributed by atoms with van der Waals surface area (Å²) in [6.45, 7) is 0.536. The molecule has 0 aliphatic heterocycles. The second-order valence-electron chi connectivity index (χ2n) is 3.00. The molecule has 14 heavy (non-hydrogen) atoms. The Labute approximate surface area is 82.0 Å². The summed E-state index contributed by atoms with van der Waals surface area (Å²) in [4.78, 5) is 2.96. The van der Waals surface area contributed by atoms with Gasteiger partial charge < -0.3 is 14.8 Å². The average molecular weight is 189 g/mol. The highest BCUT2D eigenvalue weighted by molar-refractivity contribution is 5.30. The predicted octanol–water partition coefficient (Wildman–Crippen LogP) is 2.30. The maximum Gasteiger partial charge on any atom is 0.120 e. The van der Waals surface area contributed by atoms with E-state index < -0.39 is 0 Å². The molecule has 0 saturated heterocycles. The predicted molar refractivity (Wildman–Crippen MR) is 53.2 cm³/mol. The highest BCUT2D eigenvalue weighted by Crippen LogP contribution is 2.16. The molecule has 1 heterocycles. The van der Waals surface area contributed by atoms with Crippen molar-refractivity contribution >= 4 is 0 Å². The summed E-state index contributed by atoms with van der Waals surface area (Å²) in [5.74, 6) is 1.00. The molecule has 1 aromatic heterocycles. The van der Waals surface area contributed by atoms with Crippen molar-refractivity contribution in [2.24, 2.45) is 0 Å². The van der Waals surface area contributed by atoms with Crippen LogP contribution in [0, 0.1) is 0 Å². The number of phenolic OH excluding ortho intramolecular Hbond substituents is 1. The molecule has 0 fully saturated rings. The second-order valence-corrected chi connectivity index (χ2v) is 3.00. The first-order valence-corrected chi connectivity index (χ1v) is 4.38. The number of aromatic nitrogens is 1. The third-order valence-electron chi connectivity index (χ3n) is 1.90. The molecule has 1 aromatic carbocycles. The van der Waals surface area contributed by atoms with Crippen molar-refractivity contribution in [3.05, 3.63) is 48.3 Å². The van der Waals surface area contributed by atoms with Crippen LogP contribution < -0.4 is 4.74 Å². The van der Waals surface area contributed by atoms with Crippen LogP contribution in [0.2, 0.25) is 0 Å². The summed E-state index contributed by atoms with van der Waals surface area (Å²) in [5, 5.41) is 9.05. The van der Waals surface area contributed by atoms with Crippen LogP contribution >= 0.6 is 0 Å². The van der Waals surface area contributed by atoms with Crippen molar-refractivity contribution in [2.75, 3.05) is 0 Å². The topological polar surface area (TPSA) is 45.2 Å². The van der Waals surface area contributed by atoms with Gasteiger partial charge in [0.05, 0.1) is 0 Å². The summed E-state index contributed by atoms with van der Waals surface area (Å²) in [7, 11) is 0. The normalized spacial score (nSPS) is 10.0. The molecular formula is C11H11NO2. The Morgan fingerprint density at radius 3 is 2.57 bits per heavy atom. The molecule has 0 saturated carbocycles. The molecule has 3 heteroatoms. The summed E-state index contributed by atoms with van der Waals surface area (Å²) < 4.78 is 5.47. The molecule has 0 aliphatic carbocycles. The van der Waals surface area contributed by atoms with Gasteiger partial charge in [-0.05, 0) is 30.3 Å². The third kappa shape index (κ3) is 2.07. The van der Waals surface area contributed by atoms with Crippen LogP contribution in [-0.2, 0) is 6.61 Å². The van der Waals surface area contributed by atoms with E-state index in [9.17, 15) is 0 Å². The maximum absolute atomic E-state index is 9.05. The van der Waals surface area contributed by atoms with Gasteiger partial charge in [0.15, 0.2) is 0 Å². The fourth-order valence-corrected chi connectivity index (χ4v) is 1.16. The van der Waals surface area contributed by atoms with Gasteiger partial charge in [-0.25, -0.2) is 0 Å². The zero-order chi connectivity index (χ0) is 9.80. The van der Waals surface area contributed by atoms with Crippen molar-refractivity contribution in [1.29, 1.82) is 0 Å². The van der Waals surface area contributed by atoms with Gasteiger partial charge in [0, 0.05) is 18.0 Å². The van der Waals surface area contributed by atoms with E-state index in [0.29, 0.717) is 6.61 Å². The molecular weight excluding hydrogens is 178 g/mol. The molecule has 0 amide bonds. The number of H-pyrrole nitrogens is 1. The quantitative estimate of drug-likeness (QED) is 0.778. The number of aromatic amines is 1. The van der Waals surface area contributed by atoms with E-state index in [4.69, 9.17) is 9.84 Å². The Kier molecular flexibility index (Phi) is 2.40. The van der Waals surface area contributed by atoms with Gasteiger partial charge in [-0.2, -0.15) is 0 Å². The number of benzene rings is 1. The Morgan fingerprint density at radius 1 is 1.14 bits per heavy atom. The zero-order valence-corrected chi connectivity index (χ0v) is 7.60. The van der Waals surface area contributed by atoms with Crippen molar-refractivity contribution in [3.8, 4) is 11.5 Å². The fraction of sp³-hybridized carbons (Fsp3) is 0.0909. The van der Waals surface area contributed by atoms with Crippen LogP contribution in [-0.4, -0.2) is 10.1 Å². The largest absolute Gasteiger partial charge is 0.508 e. The SMILES string of the molecule is Oc1ccc(OCc2cc[nH]c2)cc1. The molecule has 2 aromatic rings. The minimum absolute atomic E-state index is 0.249. The number of hydrogen-bond donors (Lipinski definition) is 2. The van der Waals surface area contributed by atoms with Crippen LogP contribution in [0.4, 0.5) is 0 Å². The van der Waals surface area contributed by atoms with Gasteiger partial charge in [0.1, 0.15) is 18.1 Å². The second kappa shape index (κ2) is 3.87. The van der Waals surface area contributed by atoms with Crippen molar-refractivity contribution in [3.63, 3.8) is 0 Å². The molecule has 0 bridgehead atoms. The number of phenols is 1. The first-order chi connectivity index (χ1) is 6.84. The lowest BCUT2D eigenvalue weighted by atomic mass is 10.3. The van der Waals surface area contributed by atoms with Crippen LogP contribution in [0.15, 0.2) is 42.7 Å². The van der Waals surface area contributed by atoms with Crippen molar-refractivity contribution in [1.82, 2.24) is 4.98 Å². The Hall–Kier alpha value is -1.90. The number of nitrogens with one attached hydrogen (secondary N) is 1. The monoisotopic (exact) mass is 189 g/mol. The van der Waals surface area contributed by atoms with Gasteiger partial charge in [0.25, 0.3) is 0 Å². The first kappa shape index (κ1) is 8.69. The smallest absolute Gasteiger partial charge is 0.120 e. The summed E-state index contributed by atoms with van der Waals surface area (Å²) in [6, 6.07) is 8.64. The lowest BCUT2D eigenvalue weighted by molar-refractivity contribution is 0.306. The molecule has 2 N–H and O–H groups in total. The van der Waals surface area contributed by atoms with E-state index >= 15 is 0 Å². The van der Waals surface area contributed by atoms with Crippen LogP contribution in [0.25, 0.3) is 0 Å². The standard InChI is InChI=1S/C11H11NO2/c13-10-1-3-11(4-2-10)14-8-9-5-6-12-7-9/h1-7,12-13H,8H2. The number of aromatic hydroxyl groups is 1. The lowest BCUT2D eigenvalue weighted by Crippen LogP contribution is -1.92. The first-order valence-electron chi connectivity index (χ1n) is 4.38. The lowest BCUT2D eigenvalue weighted by Gasteiger charge is -2.03. The molecule has 3 nitrogen and oxygen atoms in total. The fourth-order valence-electron chi connectivity index (χ4n) is 1.16. The number of hydrogen-bond acceptors (Lipinski definition) is 2. The Balaban J connectivity index is 1.95. The van der Waals surface area contributed by atoms with E-state index in [2.05, 4.69) is 4.98 Å². The molecule has 0 radical (unpaired) electrons.